The minimum absolute atomic E-state index is 0.197. The fraction of sp³-hybridized carbons (Fsp3) is 0.933. The molecule has 3 aliphatic rings. The van der Waals surface area contributed by atoms with Gasteiger partial charge in [0.05, 0.1) is 11.7 Å². The number of amides is 1. The molecule has 1 heterocycles. The molecule has 3 fully saturated rings. The van der Waals surface area contributed by atoms with Crippen LogP contribution in [0.3, 0.4) is 0 Å². The zero-order chi connectivity index (χ0) is 13.5. The first-order chi connectivity index (χ1) is 9.11. The summed E-state index contributed by atoms with van der Waals surface area (Å²) in [6.45, 7) is 3.11. The predicted molar refractivity (Wildman–Crippen MR) is 80.2 cm³/mol. The van der Waals surface area contributed by atoms with E-state index in [1.165, 1.54) is 38.5 Å². The van der Waals surface area contributed by atoms with Crippen LogP contribution in [0.2, 0.25) is 0 Å². The van der Waals surface area contributed by atoms with Gasteiger partial charge in [0, 0.05) is 11.3 Å². The number of hydrogen-bond donors (Lipinski definition) is 1. The fourth-order valence-corrected chi connectivity index (χ4v) is 5.26. The second kappa shape index (κ2) is 4.96. The van der Waals surface area contributed by atoms with Crippen molar-refractivity contribution in [2.75, 3.05) is 12.8 Å². The number of carbonyl (C=O) groups excluding carboxylic acids is 1. The molecular formula is C15H26N2OS. The summed E-state index contributed by atoms with van der Waals surface area (Å²) in [5.41, 5.74) is -0.197. The second-order valence-corrected chi connectivity index (χ2v) is 7.91. The van der Waals surface area contributed by atoms with E-state index in [-0.39, 0.29) is 11.7 Å². The van der Waals surface area contributed by atoms with E-state index in [9.17, 15) is 4.79 Å². The standard InChI is InChI=1S/C15H26N2OS/c1-12-16-15(9-5-6-10-15)13(18)17(12)11-14(19-2)7-3-4-8-14/h12,16H,3-11H2,1-2H3. The van der Waals surface area contributed by atoms with Crippen molar-refractivity contribution in [1.29, 1.82) is 0 Å². The van der Waals surface area contributed by atoms with Crippen LogP contribution in [0.25, 0.3) is 0 Å². The highest BCUT2D eigenvalue weighted by Gasteiger charge is 2.52. The van der Waals surface area contributed by atoms with E-state index in [1.807, 2.05) is 11.8 Å². The lowest BCUT2D eigenvalue weighted by molar-refractivity contribution is -0.133. The van der Waals surface area contributed by atoms with Gasteiger partial charge in [0.25, 0.3) is 0 Å². The Balaban J connectivity index is 1.75. The Morgan fingerprint density at radius 2 is 1.79 bits per heavy atom. The first-order valence-electron chi connectivity index (χ1n) is 7.75. The Kier molecular flexibility index (Phi) is 3.59. The Labute approximate surface area is 120 Å². The monoisotopic (exact) mass is 282 g/mol. The van der Waals surface area contributed by atoms with Crippen molar-refractivity contribution in [3.8, 4) is 0 Å². The van der Waals surface area contributed by atoms with E-state index in [0.717, 1.165) is 19.4 Å². The van der Waals surface area contributed by atoms with E-state index < -0.39 is 0 Å². The highest BCUT2D eigenvalue weighted by molar-refractivity contribution is 8.00. The van der Waals surface area contributed by atoms with Crippen molar-refractivity contribution in [3.63, 3.8) is 0 Å². The van der Waals surface area contributed by atoms with Crippen molar-refractivity contribution in [2.45, 2.75) is 74.7 Å². The van der Waals surface area contributed by atoms with E-state index in [4.69, 9.17) is 0 Å². The van der Waals surface area contributed by atoms with Crippen molar-refractivity contribution >= 4 is 17.7 Å². The molecule has 3 nitrogen and oxygen atoms in total. The molecular weight excluding hydrogens is 256 g/mol. The van der Waals surface area contributed by atoms with Gasteiger partial charge < -0.3 is 4.90 Å². The van der Waals surface area contributed by atoms with Crippen LogP contribution >= 0.6 is 11.8 Å². The van der Waals surface area contributed by atoms with Crippen LogP contribution in [0, 0.1) is 0 Å². The number of carbonyl (C=O) groups is 1. The minimum Gasteiger partial charge on any atom is -0.324 e. The van der Waals surface area contributed by atoms with Gasteiger partial charge in [-0.3, -0.25) is 10.1 Å². The highest BCUT2D eigenvalue weighted by Crippen LogP contribution is 2.43. The van der Waals surface area contributed by atoms with Crippen molar-refractivity contribution in [2.24, 2.45) is 0 Å². The molecule has 0 aromatic heterocycles. The molecule has 2 aliphatic carbocycles. The number of nitrogens with zero attached hydrogens (tertiary/aromatic N) is 1. The lowest BCUT2D eigenvalue weighted by atomic mass is 9.97. The minimum atomic E-state index is -0.197. The molecule has 1 aliphatic heterocycles. The van der Waals surface area contributed by atoms with Crippen LogP contribution in [-0.4, -0.2) is 40.1 Å². The molecule has 0 aromatic rings. The molecule has 2 saturated carbocycles. The summed E-state index contributed by atoms with van der Waals surface area (Å²) in [4.78, 5) is 15.0. The van der Waals surface area contributed by atoms with Gasteiger partial charge in [-0.1, -0.05) is 25.7 Å². The molecule has 0 radical (unpaired) electrons. The van der Waals surface area contributed by atoms with E-state index >= 15 is 0 Å². The number of nitrogens with one attached hydrogen (secondary N) is 1. The van der Waals surface area contributed by atoms with Crippen LogP contribution in [0.15, 0.2) is 0 Å². The third-order valence-electron chi connectivity index (χ3n) is 5.49. The third kappa shape index (κ3) is 2.21. The van der Waals surface area contributed by atoms with Crippen molar-refractivity contribution < 1.29 is 4.79 Å². The van der Waals surface area contributed by atoms with Gasteiger partial charge in [0.15, 0.2) is 0 Å². The summed E-state index contributed by atoms with van der Waals surface area (Å²) in [7, 11) is 0. The molecule has 1 spiro atoms. The largest absolute Gasteiger partial charge is 0.324 e. The van der Waals surface area contributed by atoms with Gasteiger partial charge in [0.2, 0.25) is 5.91 Å². The van der Waals surface area contributed by atoms with E-state index in [1.54, 1.807) is 0 Å². The summed E-state index contributed by atoms with van der Waals surface area (Å²) < 4.78 is 0.329. The molecule has 108 valence electrons. The topological polar surface area (TPSA) is 32.3 Å². The normalized spacial score (nSPS) is 32.6. The van der Waals surface area contributed by atoms with E-state index in [2.05, 4.69) is 23.4 Å². The van der Waals surface area contributed by atoms with Gasteiger partial charge in [0.1, 0.15) is 0 Å². The highest BCUT2D eigenvalue weighted by atomic mass is 32.2. The van der Waals surface area contributed by atoms with Crippen LogP contribution in [0.1, 0.15) is 58.3 Å². The van der Waals surface area contributed by atoms with Gasteiger partial charge in [-0.05, 0) is 38.9 Å². The zero-order valence-corrected chi connectivity index (χ0v) is 13.0. The predicted octanol–water partition coefficient (Wildman–Crippen LogP) is 2.75. The summed E-state index contributed by atoms with van der Waals surface area (Å²) in [6.07, 6.45) is 12.1. The molecule has 1 N–H and O–H groups in total. The second-order valence-electron chi connectivity index (χ2n) is 6.64. The molecule has 1 atom stereocenters. The first-order valence-corrected chi connectivity index (χ1v) is 8.97. The summed E-state index contributed by atoms with van der Waals surface area (Å²) in [6, 6.07) is 0. The molecule has 0 aromatic carbocycles. The average Bonchev–Trinajstić information content (AvgIpc) is 3.09. The van der Waals surface area contributed by atoms with Gasteiger partial charge in [-0.25, -0.2) is 0 Å². The van der Waals surface area contributed by atoms with Crippen LogP contribution in [0.5, 0.6) is 0 Å². The maximum atomic E-state index is 12.8. The number of thioether (sulfide) groups is 1. The number of rotatable bonds is 3. The van der Waals surface area contributed by atoms with Crippen LogP contribution < -0.4 is 5.32 Å². The lowest BCUT2D eigenvalue weighted by Gasteiger charge is -2.34. The van der Waals surface area contributed by atoms with Crippen LogP contribution in [-0.2, 0) is 4.79 Å². The maximum absolute atomic E-state index is 12.8. The number of hydrogen-bond acceptors (Lipinski definition) is 3. The molecule has 3 rings (SSSR count). The van der Waals surface area contributed by atoms with Gasteiger partial charge in [-0.15, -0.1) is 0 Å². The molecule has 4 heteroatoms. The Morgan fingerprint density at radius 1 is 1.21 bits per heavy atom. The fourth-order valence-electron chi connectivity index (χ4n) is 4.29. The quantitative estimate of drug-likeness (QED) is 0.864. The Hall–Kier alpha value is -0.220. The van der Waals surface area contributed by atoms with Gasteiger partial charge in [-0.2, -0.15) is 11.8 Å². The lowest BCUT2D eigenvalue weighted by Crippen LogP contribution is -2.46. The van der Waals surface area contributed by atoms with Gasteiger partial charge >= 0.3 is 0 Å². The molecule has 1 amide bonds. The Bertz CT molecular complexity index is 359. The van der Waals surface area contributed by atoms with E-state index in [0.29, 0.717) is 10.7 Å². The molecule has 1 unspecified atom stereocenters. The smallest absolute Gasteiger partial charge is 0.244 e. The molecule has 0 bridgehead atoms. The zero-order valence-electron chi connectivity index (χ0n) is 12.2. The maximum Gasteiger partial charge on any atom is 0.244 e. The first kappa shape index (κ1) is 13.7. The van der Waals surface area contributed by atoms with Crippen molar-refractivity contribution in [3.05, 3.63) is 0 Å². The molecule has 1 saturated heterocycles. The summed E-state index contributed by atoms with van der Waals surface area (Å²) in [5, 5.41) is 3.61. The third-order valence-corrected chi connectivity index (χ3v) is 6.89. The summed E-state index contributed by atoms with van der Waals surface area (Å²) in [5.74, 6) is 0.387. The SMILES string of the molecule is CSC1(CN2C(=O)C3(CCCC3)NC2C)CCCC1. The summed E-state index contributed by atoms with van der Waals surface area (Å²) >= 11 is 1.98. The molecule has 19 heavy (non-hydrogen) atoms. The average molecular weight is 282 g/mol. The van der Waals surface area contributed by atoms with Crippen LogP contribution in [0.4, 0.5) is 0 Å². The van der Waals surface area contributed by atoms with Crippen molar-refractivity contribution in [1.82, 2.24) is 10.2 Å². The Morgan fingerprint density at radius 3 is 2.37 bits per heavy atom.